The van der Waals surface area contributed by atoms with Gasteiger partial charge in [-0.2, -0.15) is 0 Å². The highest BCUT2D eigenvalue weighted by atomic mass is 35.5. The molecule has 1 aromatic heterocycles. The maximum absolute atomic E-state index is 5.74. The van der Waals surface area contributed by atoms with Crippen LogP contribution in [0.25, 0.3) is 0 Å². The maximum atomic E-state index is 5.74. The summed E-state index contributed by atoms with van der Waals surface area (Å²) >= 11 is 1.81. The van der Waals surface area contributed by atoms with Crippen molar-refractivity contribution in [2.45, 2.75) is 6.04 Å². The van der Waals surface area contributed by atoms with Gasteiger partial charge in [0, 0.05) is 36.6 Å². The van der Waals surface area contributed by atoms with E-state index in [4.69, 9.17) is 9.47 Å². The largest absolute Gasteiger partial charge is 0.454 e. The molecule has 126 valence electrons. The summed E-state index contributed by atoms with van der Waals surface area (Å²) in [7, 11) is 0. The Morgan fingerprint density at radius 3 is 2.61 bits per heavy atom. The summed E-state index contributed by atoms with van der Waals surface area (Å²) < 4.78 is 11.3. The molecule has 0 radical (unpaired) electrons. The predicted molar refractivity (Wildman–Crippen MR) is 97.7 cm³/mol. The van der Waals surface area contributed by atoms with Gasteiger partial charge >= 0.3 is 0 Å². The van der Waals surface area contributed by atoms with Gasteiger partial charge in [-0.05, 0) is 17.5 Å². The lowest BCUT2D eigenvalue weighted by Gasteiger charge is -2.35. The second kappa shape index (κ2) is 8.22. The molecule has 1 atom stereocenters. The molecule has 2 aliphatic heterocycles. The Hall–Kier alpha value is -0.980. The van der Waals surface area contributed by atoms with Crippen LogP contribution in [0.2, 0.25) is 0 Å². The highest BCUT2D eigenvalue weighted by molar-refractivity contribution is 7.10. The fourth-order valence-corrected chi connectivity index (χ4v) is 3.96. The summed E-state index contributed by atoms with van der Waals surface area (Å²) in [6.07, 6.45) is 0. The number of benzene rings is 1. The van der Waals surface area contributed by atoms with Gasteiger partial charge in [-0.25, -0.2) is 0 Å². The monoisotopic (exact) mass is 374 g/mol. The van der Waals surface area contributed by atoms with E-state index in [-0.39, 0.29) is 30.9 Å². The lowest BCUT2D eigenvalue weighted by Crippen LogP contribution is -2.45. The molecule has 4 nitrogen and oxygen atoms in total. The summed E-state index contributed by atoms with van der Waals surface area (Å²) in [5, 5.41) is 5.57. The van der Waals surface area contributed by atoms with E-state index in [0.717, 1.165) is 37.7 Å². The number of piperazine rings is 1. The van der Waals surface area contributed by atoms with Gasteiger partial charge in [0.2, 0.25) is 6.79 Å². The fraction of sp³-hybridized carbons (Fsp3) is 0.375. The van der Waals surface area contributed by atoms with E-state index in [1.54, 1.807) is 11.3 Å². The van der Waals surface area contributed by atoms with Crippen molar-refractivity contribution in [2.24, 2.45) is 0 Å². The van der Waals surface area contributed by atoms with Gasteiger partial charge in [-0.15, -0.1) is 36.2 Å². The number of hydrogen-bond donors (Lipinski definition) is 1. The first kappa shape index (κ1) is 18.4. The molecular formula is C16H20Cl2N2O2S. The third-order valence-corrected chi connectivity index (χ3v) is 4.98. The highest BCUT2D eigenvalue weighted by Gasteiger charge is 2.30. The van der Waals surface area contributed by atoms with Crippen molar-refractivity contribution in [3.8, 4) is 11.5 Å². The summed E-state index contributed by atoms with van der Waals surface area (Å²) in [6, 6.07) is 10.8. The van der Waals surface area contributed by atoms with Crippen molar-refractivity contribution in [2.75, 3.05) is 33.0 Å². The van der Waals surface area contributed by atoms with Gasteiger partial charge in [0.15, 0.2) is 11.5 Å². The van der Waals surface area contributed by atoms with Gasteiger partial charge in [0.25, 0.3) is 0 Å². The minimum Gasteiger partial charge on any atom is -0.454 e. The molecule has 3 heterocycles. The quantitative estimate of drug-likeness (QED) is 0.893. The first-order valence-corrected chi connectivity index (χ1v) is 8.18. The van der Waals surface area contributed by atoms with Crippen LogP contribution in [-0.4, -0.2) is 37.9 Å². The summed E-state index contributed by atoms with van der Waals surface area (Å²) in [4.78, 5) is 3.89. The third kappa shape index (κ3) is 3.59. The minimum absolute atomic E-state index is 0. The molecule has 0 unspecified atom stereocenters. The molecule has 7 heteroatoms. The van der Waals surface area contributed by atoms with E-state index in [1.165, 1.54) is 10.4 Å². The zero-order valence-electron chi connectivity index (χ0n) is 12.6. The molecule has 1 fully saturated rings. The van der Waals surface area contributed by atoms with Crippen molar-refractivity contribution >= 4 is 36.2 Å². The molecule has 1 N–H and O–H groups in total. The van der Waals surface area contributed by atoms with Crippen molar-refractivity contribution in [1.29, 1.82) is 0 Å². The number of rotatable bonds is 3. The van der Waals surface area contributed by atoms with E-state index in [2.05, 4.69) is 39.9 Å². The van der Waals surface area contributed by atoms with E-state index in [9.17, 15) is 0 Å². The van der Waals surface area contributed by atoms with Gasteiger partial charge in [0.1, 0.15) is 0 Å². The molecule has 0 bridgehead atoms. The first-order valence-electron chi connectivity index (χ1n) is 7.30. The number of hydrogen-bond acceptors (Lipinski definition) is 5. The Kier molecular flexibility index (Phi) is 6.56. The average molecular weight is 375 g/mol. The van der Waals surface area contributed by atoms with Gasteiger partial charge in [-0.3, -0.25) is 4.90 Å². The lowest BCUT2D eigenvalue weighted by atomic mass is 10.0. The van der Waals surface area contributed by atoms with E-state index in [1.807, 2.05) is 6.07 Å². The summed E-state index contributed by atoms with van der Waals surface area (Å²) in [5.74, 6) is 1.78. The Morgan fingerprint density at radius 1 is 1.04 bits per heavy atom. The SMILES string of the molecule is Cl.Cl.c1csc([C@H](c2cccc3c2OCO3)N2CCNCC2)c1. The molecule has 2 aromatic rings. The minimum atomic E-state index is 0. The molecule has 1 aromatic carbocycles. The molecule has 4 rings (SSSR count). The first-order chi connectivity index (χ1) is 10.4. The Bertz CT molecular complexity index is 619. The Labute approximate surface area is 152 Å². The van der Waals surface area contributed by atoms with Crippen molar-refractivity contribution in [3.63, 3.8) is 0 Å². The van der Waals surface area contributed by atoms with E-state index < -0.39 is 0 Å². The van der Waals surface area contributed by atoms with Crippen LogP contribution >= 0.6 is 36.2 Å². The number of ether oxygens (including phenoxy) is 2. The van der Waals surface area contributed by atoms with Crippen LogP contribution in [0.4, 0.5) is 0 Å². The number of nitrogens with zero attached hydrogens (tertiary/aromatic N) is 1. The van der Waals surface area contributed by atoms with Gasteiger partial charge < -0.3 is 14.8 Å². The van der Waals surface area contributed by atoms with Crippen LogP contribution in [-0.2, 0) is 0 Å². The van der Waals surface area contributed by atoms with Crippen LogP contribution < -0.4 is 14.8 Å². The standard InChI is InChI=1S/C16H18N2O2S.2ClH/c1-3-12(16-13(4-1)19-11-20-16)15(14-5-2-10-21-14)18-8-6-17-7-9-18;;/h1-5,10,15,17H,6-9,11H2;2*1H/t15-;;/m0../s1. The van der Waals surface area contributed by atoms with Crippen LogP contribution in [0.5, 0.6) is 11.5 Å². The molecule has 0 aliphatic carbocycles. The second-order valence-electron chi connectivity index (χ2n) is 5.28. The molecule has 2 aliphatic rings. The van der Waals surface area contributed by atoms with Crippen LogP contribution in [0.1, 0.15) is 16.5 Å². The van der Waals surface area contributed by atoms with Crippen LogP contribution in [0, 0.1) is 0 Å². The second-order valence-corrected chi connectivity index (χ2v) is 6.26. The Morgan fingerprint density at radius 2 is 1.87 bits per heavy atom. The predicted octanol–water partition coefficient (Wildman–Crippen LogP) is 3.32. The van der Waals surface area contributed by atoms with Crippen LogP contribution in [0.3, 0.4) is 0 Å². The fourth-order valence-electron chi connectivity index (χ4n) is 3.09. The molecule has 0 spiro atoms. The molecular weight excluding hydrogens is 355 g/mol. The normalized spacial score (nSPS) is 17.9. The third-order valence-electron chi connectivity index (χ3n) is 4.05. The van der Waals surface area contributed by atoms with E-state index in [0.29, 0.717) is 6.79 Å². The smallest absolute Gasteiger partial charge is 0.231 e. The molecule has 0 amide bonds. The number of halogens is 2. The van der Waals surface area contributed by atoms with Gasteiger partial charge in [0.05, 0.1) is 6.04 Å². The average Bonchev–Trinajstić information content (AvgIpc) is 3.20. The Balaban J connectivity index is 0.000000960. The number of nitrogens with one attached hydrogen (secondary N) is 1. The number of para-hydroxylation sites is 1. The van der Waals surface area contributed by atoms with E-state index >= 15 is 0 Å². The number of thiophene rings is 1. The van der Waals surface area contributed by atoms with Gasteiger partial charge in [-0.1, -0.05) is 18.2 Å². The topological polar surface area (TPSA) is 33.7 Å². The zero-order chi connectivity index (χ0) is 14.1. The summed E-state index contributed by atoms with van der Waals surface area (Å²) in [6.45, 7) is 4.49. The van der Waals surface area contributed by atoms with Crippen molar-refractivity contribution < 1.29 is 9.47 Å². The molecule has 0 saturated carbocycles. The lowest BCUT2D eigenvalue weighted by molar-refractivity contribution is 0.167. The summed E-state index contributed by atoms with van der Waals surface area (Å²) in [5.41, 5.74) is 1.22. The zero-order valence-corrected chi connectivity index (χ0v) is 15.0. The maximum Gasteiger partial charge on any atom is 0.231 e. The molecule has 1 saturated heterocycles. The number of fused-ring (bicyclic) bond motifs is 1. The molecule has 23 heavy (non-hydrogen) atoms. The van der Waals surface area contributed by atoms with Crippen molar-refractivity contribution in [1.82, 2.24) is 10.2 Å². The van der Waals surface area contributed by atoms with Crippen molar-refractivity contribution in [3.05, 3.63) is 46.2 Å². The van der Waals surface area contributed by atoms with Crippen LogP contribution in [0.15, 0.2) is 35.7 Å². The highest BCUT2D eigenvalue weighted by Crippen LogP contribution is 2.43.